The normalized spacial score (nSPS) is 12.9. The lowest BCUT2D eigenvalue weighted by molar-refractivity contribution is 0.395. The molecule has 6 nitrogen and oxygen atoms in total. The summed E-state index contributed by atoms with van der Waals surface area (Å²) in [4.78, 5) is -0.423. The molecule has 0 aromatic heterocycles. The molecule has 0 unspecified atom stereocenters. The molecule has 19 heavy (non-hydrogen) atoms. The molecule has 0 fully saturated rings. The van der Waals surface area contributed by atoms with E-state index >= 15 is 0 Å². The monoisotopic (exact) mass is 308 g/mol. The number of hydrogen-bond donors (Lipinski definition) is 0. The molecule has 0 radical (unpaired) electrons. The quantitative estimate of drug-likeness (QED) is 0.766. The Labute approximate surface area is 113 Å². The zero-order valence-corrected chi connectivity index (χ0v) is 12.7. The van der Waals surface area contributed by atoms with Crippen molar-refractivity contribution >= 4 is 20.2 Å². The first-order chi connectivity index (χ1) is 8.64. The highest BCUT2D eigenvalue weighted by Crippen LogP contribution is 2.25. The summed E-state index contributed by atoms with van der Waals surface area (Å²) >= 11 is 0. The smallest absolute Gasteiger partial charge is 0.270 e. The first kappa shape index (κ1) is 16.1. The van der Waals surface area contributed by atoms with Crippen LogP contribution in [-0.4, -0.2) is 31.1 Å². The van der Waals surface area contributed by atoms with Crippen LogP contribution in [0.2, 0.25) is 0 Å². The summed E-state index contributed by atoms with van der Waals surface area (Å²) in [5, 5.41) is 0. The summed E-state index contributed by atoms with van der Waals surface area (Å²) < 4.78 is 55.5. The van der Waals surface area contributed by atoms with E-state index in [0.29, 0.717) is 5.56 Å². The van der Waals surface area contributed by atoms with E-state index in [-0.39, 0.29) is 15.7 Å². The third-order valence-electron chi connectivity index (χ3n) is 2.59. The highest BCUT2D eigenvalue weighted by atomic mass is 32.2. The summed E-state index contributed by atoms with van der Waals surface area (Å²) in [5.41, 5.74) is 0.564. The minimum absolute atomic E-state index is 0.0437. The minimum Gasteiger partial charge on any atom is -0.270 e. The molecule has 1 rings (SSSR count). The lowest BCUT2D eigenvalue weighted by Gasteiger charge is -2.11. The summed E-state index contributed by atoms with van der Waals surface area (Å²) in [6, 6.07) is 3.79. The van der Waals surface area contributed by atoms with E-state index in [1.807, 2.05) is 13.8 Å². The molecule has 0 aliphatic carbocycles. The molecule has 0 atom stereocenters. The Morgan fingerprint density at radius 1 is 0.842 bits per heavy atom. The van der Waals surface area contributed by atoms with Gasteiger partial charge < -0.3 is 0 Å². The van der Waals surface area contributed by atoms with Crippen molar-refractivity contribution in [3.63, 3.8) is 0 Å². The first-order valence-electron chi connectivity index (χ1n) is 5.40. The van der Waals surface area contributed by atoms with E-state index in [9.17, 15) is 16.8 Å². The molecular formula is C11H16O6S2. The van der Waals surface area contributed by atoms with Gasteiger partial charge in [-0.05, 0) is 29.7 Å². The molecule has 8 heteroatoms. The molecule has 0 aliphatic heterocycles. The van der Waals surface area contributed by atoms with Gasteiger partial charge >= 0.3 is 0 Å². The zero-order chi connectivity index (χ0) is 14.8. The maximum Gasteiger partial charge on any atom is 0.296 e. The standard InChI is InChI=1S/C11H16O6S2/c1-8(2)9-5-10(18(12,13)16-3)7-11(6-9)19(14,15)17-4/h5-8H,1-4H3. The van der Waals surface area contributed by atoms with Crippen LogP contribution in [0.4, 0.5) is 0 Å². The topological polar surface area (TPSA) is 86.7 Å². The second kappa shape index (κ2) is 5.58. The van der Waals surface area contributed by atoms with E-state index in [0.717, 1.165) is 20.3 Å². The molecule has 0 saturated heterocycles. The summed E-state index contributed by atoms with van der Waals surface area (Å²) in [6.07, 6.45) is 0. The molecule has 1 aromatic rings. The largest absolute Gasteiger partial charge is 0.296 e. The molecular weight excluding hydrogens is 292 g/mol. The van der Waals surface area contributed by atoms with Crippen molar-refractivity contribution in [2.24, 2.45) is 0 Å². The van der Waals surface area contributed by atoms with Crippen LogP contribution in [0.5, 0.6) is 0 Å². The van der Waals surface area contributed by atoms with Gasteiger partial charge in [-0.25, -0.2) is 0 Å². The van der Waals surface area contributed by atoms with E-state index in [1.54, 1.807) is 0 Å². The van der Waals surface area contributed by atoms with Crippen molar-refractivity contribution in [2.45, 2.75) is 29.6 Å². The van der Waals surface area contributed by atoms with Gasteiger partial charge in [0, 0.05) is 0 Å². The third kappa shape index (κ3) is 3.53. The predicted octanol–water partition coefficient (Wildman–Crippen LogP) is 1.48. The van der Waals surface area contributed by atoms with Crippen molar-refractivity contribution < 1.29 is 25.2 Å². The number of hydrogen-bond acceptors (Lipinski definition) is 6. The third-order valence-corrected chi connectivity index (χ3v) is 5.09. The Bertz CT molecular complexity index is 606. The fourth-order valence-electron chi connectivity index (χ4n) is 1.41. The van der Waals surface area contributed by atoms with Crippen LogP contribution in [-0.2, 0) is 28.6 Å². The lowest BCUT2D eigenvalue weighted by Crippen LogP contribution is -2.09. The highest BCUT2D eigenvalue weighted by Gasteiger charge is 2.21. The number of benzene rings is 1. The van der Waals surface area contributed by atoms with E-state index in [2.05, 4.69) is 8.37 Å². The summed E-state index contributed by atoms with van der Waals surface area (Å²) in [6.45, 7) is 3.64. The van der Waals surface area contributed by atoms with Crippen molar-refractivity contribution in [2.75, 3.05) is 14.2 Å². The van der Waals surface area contributed by atoms with E-state index in [1.165, 1.54) is 12.1 Å². The number of rotatable bonds is 5. The fourth-order valence-corrected chi connectivity index (χ4v) is 2.97. The SMILES string of the molecule is COS(=O)(=O)c1cc(C(C)C)cc(S(=O)(=O)OC)c1. The Hall–Kier alpha value is -0.960. The van der Waals surface area contributed by atoms with Crippen LogP contribution in [0.15, 0.2) is 28.0 Å². The molecule has 0 aliphatic rings. The van der Waals surface area contributed by atoms with Crippen LogP contribution in [0.1, 0.15) is 25.3 Å². The Balaban J connectivity index is 3.61. The molecule has 0 N–H and O–H groups in total. The first-order valence-corrected chi connectivity index (χ1v) is 8.22. The van der Waals surface area contributed by atoms with Crippen LogP contribution >= 0.6 is 0 Å². The van der Waals surface area contributed by atoms with Gasteiger partial charge in [0.2, 0.25) is 0 Å². The maximum atomic E-state index is 11.7. The van der Waals surface area contributed by atoms with E-state index < -0.39 is 20.2 Å². The van der Waals surface area contributed by atoms with Gasteiger partial charge in [0.1, 0.15) is 0 Å². The second-order valence-corrected chi connectivity index (χ2v) is 7.56. The van der Waals surface area contributed by atoms with Crippen molar-refractivity contribution in [1.82, 2.24) is 0 Å². The Kier molecular flexibility index (Phi) is 4.72. The van der Waals surface area contributed by atoms with Gasteiger partial charge in [-0.3, -0.25) is 8.37 Å². The lowest BCUT2D eigenvalue weighted by atomic mass is 10.0. The van der Waals surface area contributed by atoms with Gasteiger partial charge in [-0.15, -0.1) is 0 Å². The van der Waals surface area contributed by atoms with Crippen LogP contribution in [0.25, 0.3) is 0 Å². The minimum atomic E-state index is -3.97. The van der Waals surface area contributed by atoms with Gasteiger partial charge in [0.25, 0.3) is 20.2 Å². The summed E-state index contributed by atoms with van der Waals surface area (Å²) in [7, 11) is -5.90. The second-order valence-electron chi connectivity index (χ2n) is 4.13. The van der Waals surface area contributed by atoms with E-state index in [4.69, 9.17) is 0 Å². The molecule has 0 heterocycles. The van der Waals surface area contributed by atoms with Crippen LogP contribution < -0.4 is 0 Å². The van der Waals surface area contributed by atoms with Crippen molar-refractivity contribution in [1.29, 1.82) is 0 Å². The van der Waals surface area contributed by atoms with Crippen molar-refractivity contribution in [3.8, 4) is 0 Å². The van der Waals surface area contributed by atoms with Crippen LogP contribution in [0.3, 0.4) is 0 Å². The molecule has 0 bridgehead atoms. The van der Waals surface area contributed by atoms with Gasteiger partial charge in [0.05, 0.1) is 24.0 Å². The van der Waals surface area contributed by atoms with Crippen LogP contribution in [0, 0.1) is 0 Å². The average molecular weight is 308 g/mol. The zero-order valence-electron chi connectivity index (χ0n) is 11.1. The maximum absolute atomic E-state index is 11.7. The summed E-state index contributed by atoms with van der Waals surface area (Å²) in [5.74, 6) is -0.0437. The van der Waals surface area contributed by atoms with Crippen molar-refractivity contribution in [3.05, 3.63) is 23.8 Å². The Morgan fingerprint density at radius 2 is 1.21 bits per heavy atom. The predicted molar refractivity (Wildman–Crippen MR) is 68.9 cm³/mol. The molecule has 1 aromatic carbocycles. The molecule has 0 spiro atoms. The molecule has 0 amide bonds. The van der Waals surface area contributed by atoms with Gasteiger partial charge in [-0.1, -0.05) is 13.8 Å². The Morgan fingerprint density at radius 3 is 1.47 bits per heavy atom. The van der Waals surface area contributed by atoms with Gasteiger partial charge in [0.15, 0.2) is 0 Å². The molecule has 108 valence electrons. The fraction of sp³-hybridized carbons (Fsp3) is 0.455. The van der Waals surface area contributed by atoms with Gasteiger partial charge in [-0.2, -0.15) is 16.8 Å². The average Bonchev–Trinajstić information content (AvgIpc) is 2.38. The highest BCUT2D eigenvalue weighted by molar-refractivity contribution is 7.87. The molecule has 0 saturated carbocycles.